The number of carbonyl (C=O) groups is 2. The van der Waals surface area contributed by atoms with E-state index >= 15 is 0 Å². The molecule has 0 heterocycles. The SMILES string of the molecule is CCCC(N)C(=O)N(CCC)CC(=O)Nc1ccccc1C. The van der Waals surface area contributed by atoms with Crippen molar-refractivity contribution in [3.8, 4) is 0 Å². The molecule has 0 bridgehead atoms. The summed E-state index contributed by atoms with van der Waals surface area (Å²) in [6.07, 6.45) is 2.28. The first-order valence-electron chi connectivity index (χ1n) is 7.89. The molecule has 0 aliphatic carbocycles. The number of para-hydroxylation sites is 1. The Kier molecular flexibility index (Phi) is 7.60. The van der Waals surface area contributed by atoms with Gasteiger partial charge in [-0.05, 0) is 31.4 Å². The standard InChI is InChI=1S/C17H27N3O2/c1-4-8-14(18)17(22)20(11-5-2)12-16(21)19-15-10-7-6-9-13(15)3/h6-7,9-10,14H,4-5,8,11-12,18H2,1-3H3,(H,19,21). The highest BCUT2D eigenvalue weighted by atomic mass is 16.2. The molecule has 1 unspecified atom stereocenters. The zero-order chi connectivity index (χ0) is 16.5. The third kappa shape index (κ3) is 5.48. The highest BCUT2D eigenvalue weighted by Crippen LogP contribution is 2.13. The Hall–Kier alpha value is -1.88. The van der Waals surface area contributed by atoms with Gasteiger partial charge in [-0.2, -0.15) is 0 Å². The van der Waals surface area contributed by atoms with E-state index in [1.165, 1.54) is 0 Å². The van der Waals surface area contributed by atoms with E-state index in [9.17, 15) is 9.59 Å². The Bertz CT molecular complexity index is 502. The molecule has 1 aromatic carbocycles. The molecule has 0 saturated heterocycles. The van der Waals surface area contributed by atoms with Gasteiger partial charge in [0.25, 0.3) is 0 Å². The van der Waals surface area contributed by atoms with Crippen LogP contribution in [0, 0.1) is 6.92 Å². The van der Waals surface area contributed by atoms with E-state index in [0.717, 1.165) is 24.1 Å². The van der Waals surface area contributed by atoms with Crippen molar-refractivity contribution in [2.24, 2.45) is 5.73 Å². The second-order valence-corrected chi connectivity index (χ2v) is 5.52. The van der Waals surface area contributed by atoms with E-state index in [1.54, 1.807) is 4.90 Å². The van der Waals surface area contributed by atoms with Crippen LogP contribution in [-0.4, -0.2) is 35.8 Å². The van der Waals surface area contributed by atoms with Crippen LogP contribution in [0.4, 0.5) is 5.69 Å². The van der Waals surface area contributed by atoms with Crippen LogP contribution in [-0.2, 0) is 9.59 Å². The number of benzene rings is 1. The van der Waals surface area contributed by atoms with Gasteiger partial charge in [-0.3, -0.25) is 9.59 Å². The first kappa shape index (κ1) is 18.2. The van der Waals surface area contributed by atoms with Gasteiger partial charge in [0, 0.05) is 12.2 Å². The Labute approximate surface area is 132 Å². The lowest BCUT2D eigenvalue weighted by Crippen LogP contribution is -2.47. The second-order valence-electron chi connectivity index (χ2n) is 5.52. The van der Waals surface area contributed by atoms with Gasteiger partial charge in [0.05, 0.1) is 12.6 Å². The van der Waals surface area contributed by atoms with Crippen LogP contribution in [0.1, 0.15) is 38.7 Å². The van der Waals surface area contributed by atoms with Crippen molar-refractivity contribution < 1.29 is 9.59 Å². The minimum Gasteiger partial charge on any atom is -0.332 e. The summed E-state index contributed by atoms with van der Waals surface area (Å²) in [6.45, 7) is 6.48. The molecule has 0 aliphatic rings. The number of hydrogen-bond donors (Lipinski definition) is 2. The number of hydrogen-bond acceptors (Lipinski definition) is 3. The van der Waals surface area contributed by atoms with Crippen LogP contribution >= 0.6 is 0 Å². The van der Waals surface area contributed by atoms with Crippen molar-refractivity contribution in [1.29, 1.82) is 0 Å². The Balaban J connectivity index is 2.68. The zero-order valence-electron chi connectivity index (χ0n) is 13.8. The zero-order valence-corrected chi connectivity index (χ0v) is 13.8. The highest BCUT2D eigenvalue weighted by Gasteiger charge is 2.22. The van der Waals surface area contributed by atoms with Gasteiger partial charge >= 0.3 is 0 Å². The van der Waals surface area contributed by atoms with Crippen molar-refractivity contribution in [3.63, 3.8) is 0 Å². The number of rotatable bonds is 8. The average Bonchev–Trinajstić information content (AvgIpc) is 2.48. The lowest BCUT2D eigenvalue weighted by Gasteiger charge is -2.24. The molecule has 0 aromatic heterocycles. The quantitative estimate of drug-likeness (QED) is 0.774. The fourth-order valence-corrected chi connectivity index (χ4v) is 2.28. The average molecular weight is 305 g/mol. The van der Waals surface area contributed by atoms with Gasteiger partial charge in [0.1, 0.15) is 0 Å². The highest BCUT2D eigenvalue weighted by molar-refractivity contribution is 5.95. The minimum atomic E-state index is -0.525. The van der Waals surface area contributed by atoms with Crippen LogP contribution in [0.2, 0.25) is 0 Å². The maximum absolute atomic E-state index is 12.3. The molecule has 1 aromatic rings. The number of amides is 2. The maximum Gasteiger partial charge on any atom is 0.244 e. The summed E-state index contributed by atoms with van der Waals surface area (Å²) in [6, 6.07) is 7.04. The van der Waals surface area contributed by atoms with Crippen molar-refractivity contribution >= 4 is 17.5 Å². The molecular weight excluding hydrogens is 278 g/mol. The van der Waals surface area contributed by atoms with Gasteiger partial charge in [0.15, 0.2) is 0 Å². The fraction of sp³-hybridized carbons (Fsp3) is 0.529. The van der Waals surface area contributed by atoms with Crippen LogP contribution in [0.25, 0.3) is 0 Å². The Morgan fingerprint density at radius 2 is 1.91 bits per heavy atom. The number of nitrogens with two attached hydrogens (primary N) is 1. The number of nitrogens with one attached hydrogen (secondary N) is 1. The molecule has 0 saturated carbocycles. The molecule has 0 radical (unpaired) electrons. The summed E-state index contributed by atoms with van der Waals surface area (Å²) in [4.78, 5) is 26.0. The number of anilines is 1. The predicted octanol–water partition coefficient (Wildman–Crippen LogP) is 2.30. The molecule has 122 valence electrons. The Morgan fingerprint density at radius 1 is 1.23 bits per heavy atom. The molecule has 1 atom stereocenters. The van der Waals surface area contributed by atoms with Crippen molar-refractivity contribution in [2.75, 3.05) is 18.4 Å². The number of nitrogens with zero attached hydrogens (tertiary/aromatic N) is 1. The monoisotopic (exact) mass is 305 g/mol. The maximum atomic E-state index is 12.3. The van der Waals surface area contributed by atoms with Crippen LogP contribution in [0.3, 0.4) is 0 Å². The smallest absolute Gasteiger partial charge is 0.244 e. The summed E-state index contributed by atoms with van der Waals surface area (Å²) < 4.78 is 0. The van der Waals surface area contributed by atoms with Crippen molar-refractivity contribution in [1.82, 2.24) is 4.90 Å². The first-order valence-corrected chi connectivity index (χ1v) is 7.89. The minimum absolute atomic E-state index is 0.0401. The van der Waals surface area contributed by atoms with Crippen LogP contribution in [0.5, 0.6) is 0 Å². The van der Waals surface area contributed by atoms with Gasteiger partial charge in [-0.1, -0.05) is 38.5 Å². The van der Waals surface area contributed by atoms with Gasteiger partial charge in [-0.25, -0.2) is 0 Å². The lowest BCUT2D eigenvalue weighted by atomic mass is 10.1. The van der Waals surface area contributed by atoms with Crippen molar-refractivity contribution in [2.45, 2.75) is 46.1 Å². The molecule has 0 fully saturated rings. The summed E-state index contributed by atoms with van der Waals surface area (Å²) >= 11 is 0. The molecule has 2 amide bonds. The van der Waals surface area contributed by atoms with E-state index in [0.29, 0.717) is 13.0 Å². The third-order valence-corrected chi connectivity index (χ3v) is 3.48. The summed E-state index contributed by atoms with van der Waals surface area (Å²) in [5, 5.41) is 2.85. The molecule has 3 N–H and O–H groups in total. The van der Waals surface area contributed by atoms with Gasteiger partial charge < -0.3 is 16.0 Å². The molecule has 0 aliphatic heterocycles. The normalized spacial score (nSPS) is 11.8. The summed E-state index contributed by atoms with van der Waals surface area (Å²) in [5.74, 6) is -0.344. The van der Waals surface area contributed by atoms with Gasteiger partial charge in [-0.15, -0.1) is 0 Å². The van der Waals surface area contributed by atoms with Crippen LogP contribution < -0.4 is 11.1 Å². The summed E-state index contributed by atoms with van der Waals surface area (Å²) in [7, 11) is 0. The van der Waals surface area contributed by atoms with E-state index in [-0.39, 0.29) is 18.4 Å². The number of aryl methyl sites for hydroxylation is 1. The van der Waals surface area contributed by atoms with E-state index in [4.69, 9.17) is 5.73 Å². The molecule has 0 spiro atoms. The number of carbonyl (C=O) groups excluding carboxylic acids is 2. The fourth-order valence-electron chi connectivity index (χ4n) is 2.28. The Morgan fingerprint density at radius 3 is 2.50 bits per heavy atom. The molecular formula is C17H27N3O2. The first-order chi connectivity index (χ1) is 10.5. The van der Waals surface area contributed by atoms with E-state index in [2.05, 4.69) is 5.32 Å². The molecule has 1 rings (SSSR count). The lowest BCUT2D eigenvalue weighted by molar-refractivity contribution is -0.136. The topological polar surface area (TPSA) is 75.4 Å². The van der Waals surface area contributed by atoms with E-state index < -0.39 is 6.04 Å². The second kappa shape index (κ2) is 9.20. The van der Waals surface area contributed by atoms with Gasteiger partial charge in [0.2, 0.25) is 11.8 Å². The van der Waals surface area contributed by atoms with Crippen molar-refractivity contribution in [3.05, 3.63) is 29.8 Å². The van der Waals surface area contributed by atoms with Crippen LogP contribution in [0.15, 0.2) is 24.3 Å². The summed E-state index contributed by atoms with van der Waals surface area (Å²) in [5.41, 5.74) is 7.65. The molecule has 5 heteroatoms. The predicted molar refractivity (Wildman–Crippen MR) is 89.6 cm³/mol. The van der Waals surface area contributed by atoms with E-state index in [1.807, 2.05) is 45.0 Å². The third-order valence-electron chi connectivity index (χ3n) is 3.48. The largest absolute Gasteiger partial charge is 0.332 e. The molecule has 22 heavy (non-hydrogen) atoms. The molecule has 5 nitrogen and oxygen atoms in total.